The van der Waals surface area contributed by atoms with E-state index in [9.17, 15) is 0 Å². The van der Waals surface area contributed by atoms with Gasteiger partial charge in [-0.3, -0.25) is 0 Å². The van der Waals surface area contributed by atoms with Crippen LogP contribution in [-0.2, 0) is 6.54 Å². The molecule has 0 aliphatic carbocycles. The highest BCUT2D eigenvalue weighted by Crippen LogP contribution is 2.21. The summed E-state index contributed by atoms with van der Waals surface area (Å²) >= 11 is 0. The van der Waals surface area contributed by atoms with Crippen LogP contribution < -0.4 is 10.1 Å². The van der Waals surface area contributed by atoms with Crippen LogP contribution in [0.2, 0.25) is 0 Å². The lowest BCUT2D eigenvalue weighted by Gasteiger charge is -2.19. The van der Waals surface area contributed by atoms with Crippen LogP contribution in [0, 0.1) is 5.41 Å². The fourth-order valence-corrected chi connectivity index (χ4v) is 1.45. The van der Waals surface area contributed by atoms with Crippen molar-refractivity contribution in [3.8, 4) is 5.75 Å². The summed E-state index contributed by atoms with van der Waals surface area (Å²) in [6, 6.07) is 8.20. The summed E-state index contributed by atoms with van der Waals surface area (Å²) < 4.78 is 5.83. The van der Waals surface area contributed by atoms with Gasteiger partial charge >= 0.3 is 0 Å². The van der Waals surface area contributed by atoms with Crippen molar-refractivity contribution in [2.75, 3.05) is 13.7 Å². The Labute approximate surface area is 99.0 Å². The van der Waals surface area contributed by atoms with Gasteiger partial charge in [0.1, 0.15) is 5.75 Å². The number of nitrogens with one attached hydrogen (secondary N) is 1. The van der Waals surface area contributed by atoms with Crippen molar-refractivity contribution < 1.29 is 4.74 Å². The Balaban J connectivity index is 2.52. The second-order valence-electron chi connectivity index (χ2n) is 5.30. The molecule has 16 heavy (non-hydrogen) atoms. The molecule has 1 aromatic rings. The number of hydrogen-bond donors (Lipinski definition) is 1. The SMILES string of the molecule is CNCc1ccccc1OCCC(C)(C)C. The third-order valence-electron chi connectivity index (χ3n) is 2.45. The first-order chi connectivity index (χ1) is 7.53. The second-order valence-corrected chi connectivity index (χ2v) is 5.30. The van der Waals surface area contributed by atoms with E-state index < -0.39 is 0 Å². The summed E-state index contributed by atoms with van der Waals surface area (Å²) in [6.45, 7) is 8.33. The lowest BCUT2D eigenvalue weighted by atomic mass is 9.93. The minimum Gasteiger partial charge on any atom is -0.493 e. The van der Waals surface area contributed by atoms with E-state index in [1.807, 2.05) is 25.2 Å². The molecule has 0 amide bonds. The Hall–Kier alpha value is -1.02. The fourth-order valence-electron chi connectivity index (χ4n) is 1.45. The predicted octanol–water partition coefficient (Wildman–Crippen LogP) is 3.22. The maximum absolute atomic E-state index is 5.83. The van der Waals surface area contributed by atoms with Crippen molar-refractivity contribution in [1.29, 1.82) is 0 Å². The Bertz CT molecular complexity index is 315. The number of ether oxygens (including phenoxy) is 1. The highest BCUT2D eigenvalue weighted by Gasteiger charge is 2.10. The Morgan fingerprint density at radius 3 is 2.50 bits per heavy atom. The molecule has 0 heterocycles. The van der Waals surface area contributed by atoms with E-state index >= 15 is 0 Å². The van der Waals surface area contributed by atoms with Gasteiger partial charge in [-0.25, -0.2) is 0 Å². The van der Waals surface area contributed by atoms with Crippen LogP contribution in [0.4, 0.5) is 0 Å². The first-order valence-corrected chi connectivity index (χ1v) is 5.88. The van der Waals surface area contributed by atoms with Crippen molar-refractivity contribution in [2.45, 2.75) is 33.7 Å². The zero-order chi connectivity index (χ0) is 12.0. The Morgan fingerprint density at radius 2 is 1.88 bits per heavy atom. The van der Waals surface area contributed by atoms with Gasteiger partial charge in [-0.1, -0.05) is 39.0 Å². The second kappa shape index (κ2) is 5.90. The van der Waals surface area contributed by atoms with Gasteiger partial charge in [-0.2, -0.15) is 0 Å². The van der Waals surface area contributed by atoms with E-state index in [1.165, 1.54) is 5.56 Å². The van der Waals surface area contributed by atoms with E-state index in [0.717, 1.165) is 25.3 Å². The van der Waals surface area contributed by atoms with Crippen LogP contribution in [0.3, 0.4) is 0 Å². The molecular weight excluding hydrogens is 198 g/mol. The molecule has 0 aliphatic rings. The van der Waals surface area contributed by atoms with Gasteiger partial charge in [-0.15, -0.1) is 0 Å². The molecule has 0 saturated heterocycles. The smallest absolute Gasteiger partial charge is 0.123 e. The number of hydrogen-bond acceptors (Lipinski definition) is 2. The molecule has 0 unspecified atom stereocenters. The van der Waals surface area contributed by atoms with E-state index in [2.05, 4.69) is 32.2 Å². The van der Waals surface area contributed by atoms with Crippen LogP contribution >= 0.6 is 0 Å². The maximum atomic E-state index is 5.83. The standard InChI is InChI=1S/C14H23NO/c1-14(2,3)9-10-16-13-8-6-5-7-12(13)11-15-4/h5-8,15H,9-11H2,1-4H3. The van der Waals surface area contributed by atoms with Crippen molar-refractivity contribution in [1.82, 2.24) is 5.32 Å². The van der Waals surface area contributed by atoms with Crippen molar-refractivity contribution in [3.05, 3.63) is 29.8 Å². The first-order valence-electron chi connectivity index (χ1n) is 5.88. The molecular formula is C14H23NO. The number of rotatable bonds is 5. The topological polar surface area (TPSA) is 21.3 Å². The zero-order valence-electron chi connectivity index (χ0n) is 10.8. The molecule has 1 aromatic carbocycles. The molecule has 1 rings (SSSR count). The average Bonchev–Trinajstić information content (AvgIpc) is 2.19. The molecule has 0 spiro atoms. The van der Waals surface area contributed by atoms with Gasteiger partial charge in [0.15, 0.2) is 0 Å². The molecule has 0 bridgehead atoms. The van der Waals surface area contributed by atoms with Gasteiger partial charge in [0.25, 0.3) is 0 Å². The van der Waals surface area contributed by atoms with Crippen molar-refractivity contribution >= 4 is 0 Å². The fraction of sp³-hybridized carbons (Fsp3) is 0.571. The molecule has 0 aromatic heterocycles. The minimum atomic E-state index is 0.331. The third kappa shape index (κ3) is 4.67. The van der Waals surface area contributed by atoms with Crippen molar-refractivity contribution in [3.63, 3.8) is 0 Å². The molecule has 90 valence electrons. The van der Waals surface area contributed by atoms with Crippen LogP contribution in [0.5, 0.6) is 5.75 Å². The third-order valence-corrected chi connectivity index (χ3v) is 2.45. The molecule has 1 N–H and O–H groups in total. The first kappa shape index (κ1) is 13.0. The maximum Gasteiger partial charge on any atom is 0.123 e. The molecule has 0 saturated carbocycles. The van der Waals surface area contributed by atoms with E-state index in [0.29, 0.717) is 5.41 Å². The summed E-state index contributed by atoms with van der Waals surface area (Å²) in [7, 11) is 1.95. The van der Waals surface area contributed by atoms with Crippen LogP contribution in [-0.4, -0.2) is 13.7 Å². The van der Waals surface area contributed by atoms with Gasteiger partial charge in [0, 0.05) is 12.1 Å². The van der Waals surface area contributed by atoms with Gasteiger partial charge in [0.2, 0.25) is 0 Å². The molecule has 0 atom stereocenters. The monoisotopic (exact) mass is 221 g/mol. The molecule has 0 radical (unpaired) electrons. The molecule has 0 aliphatic heterocycles. The summed E-state index contributed by atoms with van der Waals surface area (Å²) in [6.07, 6.45) is 1.07. The van der Waals surface area contributed by atoms with Gasteiger partial charge < -0.3 is 10.1 Å². The lowest BCUT2D eigenvalue weighted by Crippen LogP contribution is -2.13. The summed E-state index contributed by atoms with van der Waals surface area (Å²) in [5, 5.41) is 3.15. The average molecular weight is 221 g/mol. The van der Waals surface area contributed by atoms with E-state index in [4.69, 9.17) is 4.74 Å². The number of benzene rings is 1. The minimum absolute atomic E-state index is 0.331. The van der Waals surface area contributed by atoms with E-state index in [-0.39, 0.29) is 0 Å². The zero-order valence-corrected chi connectivity index (χ0v) is 10.8. The molecule has 2 nitrogen and oxygen atoms in total. The van der Waals surface area contributed by atoms with E-state index in [1.54, 1.807) is 0 Å². The number of para-hydroxylation sites is 1. The van der Waals surface area contributed by atoms with Crippen LogP contribution in [0.15, 0.2) is 24.3 Å². The normalized spacial score (nSPS) is 11.5. The van der Waals surface area contributed by atoms with Crippen LogP contribution in [0.25, 0.3) is 0 Å². The largest absolute Gasteiger partial charge is 0.493 e. The Kier molecular flexibility index (Phi) is 4.81. The quantitative estimate of drug-likeness (QED) is 0.824. The summed E-state index contributed by atoms with van der Waals surface area (Å²) in [4.78, 5) is 0. The predicted molar refractivity (Wildman–Crippen MR) is 68.8 cm³/mol. The summed E-state index contributed by atoms with van der Waals surface area (Å²) in [5.74, 6) is 1.00. The van der Waals surface area contributed by atoms with Gasteiger partial charge in [0.05, 0.1) is 6.61 Å². The molecule has 0 fully saturated rings. The summed E-state index contributed by atoms with van der Waals surface area (Å²) in [5.41, 5.74) is 1.55. The van der Waals surface area contributed by atoms with Crippen molar-refractivity contribution in [2.24, 2.45) is 5.41 Å². The highest BCUT2D eigenvalue weighted by atomic mass is 16.5. The molecule has 2 heteroatoms. The van der Waals surface area contributed by atoms with Crippen LogP contribution in [0.1, 0.15) is 32.8 Å². The van der Waals surface area contributed by atoms with Gasteiger partial charge in [-0.05, 0) is 24.9 Å². The lowest BCUT2D eigenvalue weighted by molar-refractivity contribution is 0.241. The highest BCUT2D eigenvalue weighted by molar-refractivity contribution is 5.33. The Morgan fingerprint density at radius 1 is 1.19 bits per heavy atom.